The molecular weight excluding hydrogens is 419 g/mol. The van der Waals surface area contributed by atoms with Crippen molar-refractivity contribution in [3.63, 3.8) is 0 Å². The van der Waals surface area contributed by atoms with E-state index in [0.717, 1.165) is 50.7 Å². The fourth-order valence-corrected chi connectivity index (χ4v) is 5.45. The number of carbonyl (C=O) groups is 1. The van der Waals surface area contributed by atoms with Crippen LogP contribution in [0.15, 0.2) is 18.2 Å². The number of nitrogens with one attached hydrogen (secondary N) is 1. The summed E-state index contributed by atoms with van der Waals surface area (Å²) in [7, 11) is 0. The summed E-state index contributed by atoms with van der Waals surface area (Å²) >= 11 is 0. The van der Waals surface area contributed by atoms with Crippen LogP contribution >= 0.6 is 0 Å². The summed E-state index contributed by atoms with van der Waals surface area (Å²) in [5.74, 6) is -3.53. The van der Waals surface area contributed by atoms with Gasteiger partial charge in [0.05, 0.1) is 0 Å². The van der Waals surface area contributed by atoms with Gasteiger partial charge in [0.2, 0.25) is 5.92 Å². The SMILES string of the molecule is O=C(NCC1CC2(C1)CN(CC1CCC(F)(F)CC1)C2)c1cc(F)cc(OC(F)F)c1. The van der Waals surface area contributed by atoms with E-state index in [0.29, 0.717) is 31.2 Å². The van der Waals surface area contributed by atoms with E-state index in [1.807, 2.05) is 0 Å². The Hall–Kier alpha value is -1.90. The van der Waals surface area contributed by atoms with Crippen molar-refractivity contribution in [1.29, 1.82) is 0 Å². The van der Waals surface area contributed by atoms with Gasteiger partial charge in [-0.15, -0.1) is 0 Å². The zero-order valence-corrected chi connectivity index (χ0v) is 17.2. The topological polar surface area (TPSA) is 41.6 Å². The van der Waals surface area contributed by atoms with Gasteiger partial charge in [0.1, 0.15) is 11.6 Å². The highest BCUT2D eigenvalue weighted by Crippen LogP contribution is 2.52. The normalized spacial score (nSPS) is 23.4. The summed E-state index contributed by atoms with van der Waals surface area (Å²) in [6, 6.07) is 2.89. The summed E-state index contributed by atoms with van der Waals surface area (Å²) in [5, 5.41) is 2.75. The van der Waals surface area contributed by atoms with E-state index in [1.54, 1.807) is 0 Å². The van der Waals surface area contributed by atoms with Gasteiger partial charge in [0, 0.05) is 50.7 Å². The van der Waals surface area contributed by atoms with Gasteiger partial charge in [-0.2, -0.15) is 8.78 Å². The number of benzene rings is 1. The van der Waals surface area contributed by atoms with Crippen LogP contribution in [0.2, 0.25) is 0 Å². The molecule has 1 amide bonds. The molecule has 4 rings (SSSR count). The predicted molar refractivity (Wildman–Crippen MR) is 104 cm³/mol. The Morgan fingerprint density at radius 3 is 2.45 bits per heavy atom. The Bertz CT molecular complexity index is 795. The molecule has 1 heterocycles. The number of hydrogen-bond donors (Lipinski definition) is 1. The first-order valence-electron chi connectivity index (χ1n) is 10.8. The predicted octanol–water partition coefficient (Wildman–Crippen LogP) is 4.69. The van der Waals surface area contributed by atoms with Crippen LogP contribution in [-0.4, -0.2) is 49.5 Å². The van der Waals surface area contributed by atoms with Crippen molar-refractivity contribution in [2.24, 2.45) is 17.3 Å². The quantitative estimate of drug-likeness (QED) is 0.618. The number of hydrogen-bond acceptors (Lipinski definition) is 3. The lowest BCUT2D eigenvalue weighted by Gasteiger charge is -2.60. The lowest BCUT2D eigenvalue weighted by Crippen LogP contribution is -2.64. The molecule has 9 heteroatoms. The van der Waals surface area contributed by atoms with Crippen molar-refractivity contribution in [2.75, 3.05) is 26.2 Å². The lowest BCUT2D eigenvalue weighted by atomic mass is 9.57. The summed E-state index contributed by atoms with van der Waals surface area (Å²) < 4.78 is 68.9. The molecule has 1 aromatic carbocycles. The third-order valence-corrected chi connectivity index (χ3v) is 6.82. The summed E-state index contributed by atoms with van der Waals surface area (Å²) in [4.78, 5) is 14.6. The highest BCUT2D eigenvalue weighted by molar-refractivity contribution is 5.94. The third-order valence-electron chi connectivity index (χ3n) is 6.82. The maximum atomic E-state index is 13.6. The average Bonchev–Trinajstić information content (AvgIpc) is 2.61. The Morgan fingerprint density at radius 1 is 1.13 bits per heavy atom. The molecule has 1 aromatic rings. The molecule has 4 nitrogen and oxygen atoms in total. The Kier molecular flexibility index (Phi) is 6.16. The molecule has 0 radical (unpaired) electrons. The highest BCUT2D eigenvalue weighted by atomic mass is 19.3. The Labute approximate surface area is 178 Å². The minimum atomic E-state index is -3.09. The number of carbonyl (C=O) groups excluding carboxylic acids is 1. The molecule has 0 aromatic heterocycles. The van der Waals surface area contributed by atoms with Crippen LogP contribution in [0.4, 0.5) is 22.0 Å². The van der Waals surface area contributed by atoms with Gasteiger partial charge in [0.25, 0.3) is 5.91 Å². The van der Waals surface area contributed by atoms with Crippen LogP contribution in [0, 0.1) is 23.1 Å². The molecule has 0 unspecified atom stereocenters. The van der Waals surface area contributed by atoms with Gasteiger partial charge >= 0.3 is 6.61 Å². The molecule has 0 atom stereocenters. The van der Waals surface area contributed by atoms with Gasteiger partial charge in [-0.05, 0) is 55.1 Å². The van der Waals surface area contributed by atoms with E-state index in [1.165, 1.54) is 0 Å². The smallest absolute Gasteiger partial charge is 0.387 e. The van der Waals surface area contributed by atoms with Crippen LogP contribution in [0.25, 0.3) is 0 Å². The number of amides is 1. The van der Waals surface area contributed by atoms with Gasteiger partial charge < -0.3 is 15.0 Å². The van der Waals surface area contributed by atoms with Crippen molar-refractivity contribution in [2.45, 2.75) is 51.1 Å². The second-order valence-corrected chi connectivity index (χ2v) is 9.51. The Morgan fingerprint density at radius 2 is 1.81 bits per heavy atom. The summed E-state index contributed by atoms with van der Waals surface area (Å²) in [6.07, 6.45) is 3.15. The van der Waals surface area contributed by atoms with E-state index in [-0.39, 0.29) is 29.6 Å². The zero-order valence-electron chi connectivity index (χ0n) is 17.2. The molecule has 2 aliphatic carbocycles. The van der Waals surface area contributed by atoms with Gasteiger partial charge in [-0.25, -0.2) is 13.2 Å². The molecular formula is C22H27F5N2O2. The van der Waals surface area contributed by atoms with E-state index in [2.05, 4.69) is 15.0 Å². The number of nitrogens with zero attached hydrogens (tertiary/aromatic N) is 1. The van der Waals surface area contributed by atoms with Gasteiger partial charge in [0.15, 0.2) is 0 Å². The van der Waals surface area contributed by atoms with Crippen molar-refractivity contribution in [1.82, 2.24) is 10.2 Å². The van der Waals surface area contributed by atoms with Crippen LogP contribution in [0.3, 0.4) is 0 Å². The molecule has 31 heavy (non-hydrogen) atoms. The maximum Gasteiger partial charge on any atom is 0.387 e. The van der Waals surface area contributed by atoms with Gasteiger partial charge in [-0.1, -0.05) is 0 Å². The molecule has 1 saturated heterocycles. The lowest BCUT2D eigenvalue weighted by molar-refractivity contribution is -0.107. The fraction of sp³-hybridized carbons (Fsp3) is 0.682. The standard InChI is InChI=1S/C22H27F5N2O2/c23-17-5-16(6-18(7-17)31-20(24)25)19(30)28-10-15-8-21(9-15)12-29(13-21)11-14-1-3-22(26,27)4-2-14/h5-7,14-15,20H,1-4,8-13H2,(H,28,30). The van der Waals surface area contributed by atoms with E-state index in [4.69, 9.17) is 0 Å². The molecule has 3 aliphatic rings. The van der Waals surface area contributed by atoms with Gasteiger partial charge in [-0.3, -0.25) is 4.79 Å². The largest absolute Gasteiger partial charge is 0.435 e. The van der Waals surface area contributed by atoms with Crippen LogP contribution in [0.1, 0.15) is 48.9 Å². The van der Waals surface area contributed by atoms with Crippen molar-refractivity contribution < 1.29 is 31.5 Å². The van der Waals surface area contributed by atoms with Crippen molar-refractivity contribution in [3.8, 4) is 5.75 Å². The van der Waals surface area contributed by atoms with E-state index in [9.17, 15) is 26.7 Å². The molecule has 2 saturated carbocycles. The van der Waals surface area contributed by atoms with Crippen molar-refractivity contribution in [3.05, 3.63) is 29.6 Å². The number of halogens is 5. The monoisotopic (exact) mass is 446 g/mol. The molecule has 0 bridgehead atoms. The van der Waals surface area contributed by atoms with E-state index < -0.39 is 24.3 Å². The molecule has 1 aliphatic heterocycles. The third kappa shape index (κ3) is 5.48. The highest BCUT2D eigenvalue weighted by Gasteiger charge is 2.52. The second kappa shape index (κ2) is 8.56. The summed E-state index contributed by atoms with van der Waals surface area (Å²) in [5.41, 5.74) is 0.211. The van der Waals surface area contributed by atoms with Crippen molar-refractivity contribution >= 4 is 5.91 Å². The van der Waals surface area contributed by atoms with E-state index >= 15 is 0 Å². The first-order valence-corrected chi connectivity index (χ1v) is 10.8. The zero-order chi connectivity index (χ0) is 22.2. The first kappa shape index (κ1) is 22.3. The number of alkyl halides is 4. The van der Waals surface area contributed by atoms with Crippen LogP contribution < -0.4 is 10.1 Å². The minimum absolute atomic E-state index is 0.000505. The molecule has 1 N–H and O–H groups in total. The first-order chi connectivity index (χ1) is 14.6. The number of ether oxygens (including phenoxy) is 1. The minimum Gasteiger partial charge on any atom is -0.435 e. The maximum absolute atomic E-state index is 13.6. The Balaban J connectivity index is 1.16. The van der Waals surface area contributed by atoms with Crippen LogP contribution in [-0.2, 0) is 0 Å². The van der Waals surface area contributed by atoms with Crippen LogP contribution in [0.5, 0.6) is 5.75 Å². The average molecular weight is 446 g/mol. The second-order valence-electron chi connectivity index (χ2n) is 9.51. The number of likely N-dealkylation sites (tertiary alicyclic amines) is 1. The summed E-state index contributed by atoms with van der Waals surface area (Å²) in [6.45, 7) is 0.192. The molecule has 172 valence electrons. The molecule has 3 fully saturated rings. The fourth-order valence-electron chi connectivity index (χ4n) is 5.45. The number of rotatable bonds is 7. The molecule has 1 spiro atoms.